The minimum atomic E-state index is -1.28. The Labute approximate surface area is 132 Å². The Morgan fingerprint density at radius 3 is 1.73 bits per heavy atom. The second kappa shape index (κ2) is 4.92. The summed E-state index contributed by atoms with van der Waals surface area (Å²) >= 11 is 0. The smallest absolute Gasteiger partial charge is 0.140 e. The summed E-state index contributed by atoms with van der Waals surface area (Å²) in [4.78, 5) is 3.98. The van der Waals surface area contributed by atoms with Gasteiger partial charge in [-0.2, -0.15) is 10.0 Å². The summed E-state index contributed by atoms with van der Waals surface area (Å²) in [5.74, 6) is 1.97. The monoisotopic (exact) mass is 306 g/mol. The van der Waals surface area contributed by atoms with Gasteiger partial charge in [-0.25, -0.2) is 0 Å². The van der Waals surface area contributed by atoms with Crippen molar-refractivity contribution in [2.24, 2.45) is 0 Å². The lowest BCUT2D eigenvalue weighted by Gasteiger charge is -2.42. The molecule has 3 aromatic rings. The molecule has 0 spiro atoms. The van der Waals surface area contributed by atoms with E-state index in [-0.39, 0.29) is 0 Å². The van der Waals surface area contributed by atoms with Crippen molar-refractivity contribution in [2.75, 3.05) is 6.26 Å². The highest BCUT2D eigenvalue weighted by molar-refractivity contribution is 8.33. The Morgan fingerprint density at radius 1 is 0.682 bits per heavy atom. The van der Waals surface area contributed by atoms with Crippen LogP contribution in [0.25, 0.3) is 0 Å². The lowest BCUT2D eigenvalue weighted by Crippen LogP contribution is -2.09. The van der Waals surface area contributed by atoms with E-state index in [0.717, 1.165) is 11.5 Å². The molecule has 0 saturated carbocycles. The van der Waals surface area contributed by atoms with E-state index >= 15 is 0 Å². The summed E-state index contributed by atoms with van der Waals surface area (Å²) in [7, 11) is -1.28. The first-order chi connectivity index (χ1) is 10.7. The molecule has 0 unspecified atom stereocenters. The van der Waals surface area contributed by atoms with Gasteiger partial charge in [0, 0.05) is 9.79 Å². The summed E-state index contributed by atoms with van der Waals surface area (Å²) in [6.45, 7) is 2.13. The third-order valence-electron chi connectivity index (χ3n) is 4.29. The number of ether oxygens (including phenoxy) is 1. The SMILES string of the molecule is Cc1ccc(S2(C)c3ccccc3Oc3ccccc32)cc1. The lowest BCUT2D eigenvalue weighted by molar-refractivity contribution is 0.452. The fourth-order valence-corrected chi connectivity index (χ4v) is 6.20. The Kier molecular flexibility index (Phi) is 3.02. The van der Waals surface area contributed by atoms with Crippen molar-refractivity contribution >= 4 is 10.0 Å². The van der Waals surface area contributed by atoms with Crippen LogP contribution in [0.15, 0.2) is 87.5 Å². The first-order valence-corrected chi connectivity index (χ1v) is 9.45. The van der Waals surface area contributed by atoms with Gasteiger partial charge < -0.3 is 4.74 Å². The Hall–Kier alpha value is -2.19. The van der Waals surface area contributed by atoms with E-state index in [2.05, 4.69) is 73.8 Å². The van der Waals surface area contributed by atoms with Crippen LogP contribution in [0.2, 0.25) is 0 Å². The normalized spacial score (nSPS) is 16.1. The van der Waals surface area contributed by atoms with Gasteiger partial charge in [-0.3, -0.25) is 0 Å². The van der Waals surface area contributed by atoms with E-state index in [1.165, 1.54) is 20.2 Å². The molecule has 0 bridgehead atoms. The first kappa shape index (κ1) is 13.5. The van der Waals surface area contributed by atoms with E-state index in [0.29, 0.717) is 0 Å². The van der Waals surface area contributed by atoms with Gasteiger partial charge in [-0.1, -0.05) is 42.0 Å². The Morgan fingerprint density at radius 2 is 1.18 bits per heavy atom. The van der Waals surface area contributed by atoms with Crippen LogP contribution in [0.3, 0.4) is 0 Å². The van der Waals surface area contributed by atoms with Crippen molar-refractivity contribution in [3.63, 3.8) is 0 Å². The molecule has 0 N–H and O–H groups in total. The van der Waals surface area contributed by atoms with Crippen LogP contribution in [0.5, 0.6) is 11.5 Å². The average Bonchev–Trinajstić information content (AvgIpc) is 2.56. The number of rotatable bonds is 1. The van der Waals surface area contributed by atoms with E-state index in [9.17, 15) is 0 Å². The maximum atomic E-state index is 6.14. The highest BCUT2D eigenvalue weighted by Gasteiger charge is 2.34. The number of aryl methyl sites for hydroxylation is 1. The van der Waals surface area contributed by atoms with Gasteiger partial charge in [0.15, 0.2) is 0 Å². The lowest BCUT2D eigenvalue weighted by atomic mass is 10.2. The van der Waals surface area contributed by atoms with E-state index < -0.39 is 10.0 Å². The summed E-state index contributed by atoms with van der Waals surface area (Å²) in [5.41, 5.74) is 1.29. The van der Waals surface area contributed by atoms with Crippen molar-refractivity contribution in [1.29, 1.82) is 0 Å². The van der Waals surface area contributed by atoms with Crippen molar-refractivity contribution in [3.8, 4) is 11.5 Å². The summed E-state index contributed by atoms with van der Waals surface area (Å²) < 4.78 is 6.14. The molecule has 3 aromatic carbocycles. The summed E-state index contributed by atoms with van der Waals surface area (Å²) in [6.07, 6.45) is 2.37. The van der Waals surface area contributed by atoms with E-state index in [1.807, 2.05) is 12.1 Å². The van der Waals surface area contributed by atoms with Crippen LogP contribution in [-0.4, -0.2) is 6.26 Å². The van der Waals surface area contributed by atoms with Crippen molar-refractivity contribution in [1.82, 2.24) is 0 Å². The van der Waals surface area contributed by atoms with E-state index in [1.54, 1.807) is 0 Å². The van der Waals surface area contributed by atoms with Crippen LogP contribution in [0.4, 0.5) is 0 Å². The predicted octanol–water partition coefficient (Wildman–Crippen LogP) is 6.01. The molecule has 2 heteroatoms. The summed E-state index contributed by atoms with van der Waals surface area (Å²) in [6, 6.07) is 25.8. The molecule has 0 atom stereocenters. The third-order valence-corrected chi connectivity index (χ3v) is 7.94. The molecule has 0 fully saturated rings. The quantitative estimate of drug-likeness (QED) is 0.535. The van der Waals surface area contributed by atoms with Gasteiger partial charge in [-0.15, -0.1) is 0 Å². The Bertz CT molecular complexity index is 791. The highest BCUT2D eigenvalue weighted by Crippen LogP contribution is 2.72. The van der Waals surface area contributed by atoms with Gasteiger partial charge in [0.1, 0.15) is 11.5 Å². The van der Waals surface area contributed by atoms with Crippen LogP contribution in [0.1, 0.15) is 5.56 Å². The third kappa shape index (κ3) is 1.87. The molecule has 22 heavy (non-hydrogen) atoms. The molecule has 1 heterocycles. The maximum absolute atomic E-state index is 6.14. The highest BCUT2D eigenvalue weighted by atomic mass is 32.3. The van der Waals surface area contributed by atoms with Crippen LogP contribution in [0, 0.1) is 6.92 Å². The van der Waals surface area contributed by atoms with Crippen LogP contribution < -0.4 is 4.74 Å². The zero-order valence-corrected chi connectivity index (χ0v) is 13.6. The molecule has 0 radical (unpaired) electrons. The fourth-order valence-electron chi connectivity index (χ4n) is 3.04. The molecule has 110 valence electrons. The van der Waals surface area contributed by atoms with Crippen molar-refractivity contribution in [3.05, 3.63) is 78.4 Å². The largest absolute Gasteiger partial charge is 0.455 e. The molecule has 0 amide bonds. The fraction of sp³-hybridized carbons (Fsp3) is 0.100. The molecule has 1 aliphatic heterocycles. The molecule has 1 nitrogen and oxygen atoms in total. The van der Waals surface area contributed by atoms with Crippen LogP contribution >= 0.6 is 10.0 Å². The first-order valence-electron chi connectivity index (χ1n) is 7.40. The molecular formula is C20H18OS. The van der Waals surface area contributed by atoms with Crippen molar-refractivity contribution in [2.45, 2.75) is 21.6 Å². The molecular weight excluding hydrogens is 288 g/mol. The van der Waals surface area contributed by atoms with Gasteiger partial charge in [-0.05, 0) is 54.5 Å². The number of fused-ring (bicyclic) bond motifs is 2. The van der Waals surface area contributed by atoms with Gasteiger partial charge in [0.2, 0.25) is 0 Å². The number of benzene rings is 3. The molecule has 0 saturated heterocycles. The average molecular weight is 306 g/mol. The minimum absolute atomic E-state index is 0.985. The van der Waals surface area contributed by atoms with Crippen LogP contribution in [-0.2, 0) is 0 Å². The van der Waals surface area contributed by atoms with Gasteiger partial charge in [0.25, 0.3) is 0 Å². The van der Waals surface area contributed by atoms with Crippen molar-refractivity contribution < 1.29 is 4.74 Å². The number of hydrogen-bond donors (Lipinski definition) is 0. The second-order valence-corrected chi connectivity index (χ2v) is 8.92. The zero-order chi connectivity index (χ0) is 15.2. The molecule has 0 aromatic heterocycles. The zero-order valence-electron chi connectivity index (χ0n) is 12.7. The predicted molar refractivity (Wildman–Crippen MR) is 92.5 cm³/mol. The minimum Gasteiger partial charge on any atom is -0.455 e. The molecule has 0 aliphatic carbocycles. The maximum Gasteiger partial charge on any atom is 0.140 e. The topological polar surface area (TPSA) is 9.23 Å². The second-order valence-electron chi connectivity index (χ2n) is 5.73. The van der Waals surface area contributed by atoms with Gasteiger partial charge >= 0.3 is 0 Å². The summed E-state index contributed by atoms with van der Waals surface area (Å²) in [5, 5.41) is 0. The van der Waals surface area contributed by atoms with E-state index in [4.69, 9.17) is 4.74 Å². The van der Waals surface area contributed by atoms with Gasteiger partial charge in [0.05, 0.1) is 0 Å². The Balaban J connectivity index is 2.03. The molecule has 4 rings (SSSR count). The number of hydrogen-bond acceptors (Lipinski definition) is 1. The standard InChI is InChI=1S/C20H18OS/c1-15-11-13-16(14-12-15)22(2)19-9-5-3-7-17(19)21-18-8-4-6-10-20(18)22/h3-14H,1-2H3. The molecule has 1 aliphatic rings. The number of para-hydroxylation sites is 2.